The SMILES string of the molecule is C/N=C1/NC(=O)N(c2ccc3[nH]cnc3c2)C1c1ccc(Cl)c(C)c1. The van der Waals surface area contributed by atoms with Gasteiger partial charge in [-0.25, -0.2) is 9.78 Å². The molecule has 1 aliphatic rings. The van der Waals surface area contributed by atoms with E-state index in [-0.39, 0.29) is 12.1 Å². The van der Waals surface area contributed by atoms with Gasteiger partial charge in [0.1, 0.15) is 11.9 Å². The van der Waals surface area contributed by atoms with Gasteiger partial charge in [0.05, 0.1) is 17.4 Å². The van der Waals surface area contributed by atoms with Crippen molar-refractivity contribution in [3.63, 3.8) is 0 Å². The van der Waals surface area contributed by atoms with Crippen LogP contribution in [0.5, 0.6) is 0 Å². The van der Waals surface area contributed by atoms with E-state index in [1.807, 2.05) is 43.3 Å². The van der Waals surface area contributed by atoms with Crippen molar-refractivity contribution in [2.24, 2.45) is 4.99 Å². The highest BCUT2D eigenvalue weighted by Gasteiger charge is 2.38. The molecule has 0 spiro atoms. The highest BCUT2D eigenvalue weighted by molar-refractivity contribution is 6.31. The Morgan fingerprint density at radius 3 is 2.84 bits per heavy atom. The number of carbonyl (C=O) groups is 1. The topological polar surface area (TPSA) is 73.4 Å². The number of aromatic nitrogens is 2. The number of amides is 2. The lowest BCUT2D eigenvalue weighted by molar-refractivity contribution is 0.252. The molecule has 2 amide bonds. The highest BCUT2D eigenvalue weighted by atomic mass is 35.5. The molecule has 0 aliphatic carbocycles. The molecule has 7 heteroatoms. The zero-order valence-electron chi connectivity index (χ0n) is 13.7. The Labute approximate surface area is 149 Å². The largest absolute Gasteiger partial charge is 0.345 e. The Morgan fingerprint density at radius 2 is 2.08 bits per heavy atom. The quantitative estimate of drug-likeness (QED) is 0.735. The fourth-order valence-corrected chi connectivity index (χ4v) is 3.25. The van der Waals surface area contributed by atoms with Gasteiger partial charge in [0.25, 0.3) is 0 Å². The van der Waals surface area contributed by atoms with E-state index >= 15 is 0 Å². The average Bonchev–Trinajstić information content (AvgIpc) is 3.20. The van der Waals surface area contributed by atoms with Gasteiger partial charge >= 0.3 is 6.03 Å². The molecule has 2 aromatic carbocycles. The zero-order chi connectivity index (χ0) is 17.6. The van der Waals surface area contributed by atoms with Gasteiger partial charge < -0.3 is 4.98 Å². The normalized spacial score (nSPS) is 19.0. The van der Waals surface area contributed by atoms with E-state index in [0.29, 0.717) is 10.9 Å². The summed E-state index contributed by atoms with van der Waals surface area (Å²) < 4.78 is 0. The number of amidine groups is 1. The number of halogens is 1. The summed E-state index contributed by atoms with van der Waals surface area (Å²) in [5.74, 6) is 0.605. The zero-order valence-corrected chi connectivity index (χ0v) is 14.5. The molecule has 4 rings (SSSR count). The number of nitrogens with zero attached hydrogens (tertiary/aromatic N) is 3. The molecular weight excluding hydrogens is 338 g/mol. The molecule has 25 heavy (non-hydrogen) atoms. The second-order valence-electron chi connectivity index (χ2n) is 5.92. The molecule has 6 nitrogen and oxygen atoms in total. The van der Waals surface area contributed by atoms with Crippen LogP contribution in [0.25, 0.3) is 11.0 Å². The van der Waals surface area contributed by atoms with Crippen LogP contribution in [-0.2, 0) is 0 Å². The first-order chi connectivity index (χ1) is 12.1. The van der Waals surface area contributed by atoms with E-state index in [0.717, 1.165) is 27.8 Å². The predicted octanol–water partition coefficient (Wildman–Crippen LogP) is 3.82. The molecule has 1 aromatic heterocycles. The first-order valence-corrected chi connectivity index (χ1v) is 8.22. The number of anilines is 1. The Balaban J connectivity index is 1.85. The highest BCUT2D eigenvalue weighted by Crippen LogP contribution is 2.34. The van der Waals surface area contributed by atoms with Crippen molar-refractivity contribution in [3.8, 4) is 0 Å². The van der Waals surface area contributed by atoms with Crippen LogP contribution in [0.4, 0.5) is 10.5 Å². The molecule has 1 unspecified atom stereocenters. The number of benzene rings is 2. The summed E-state index contributed by atoms with van der Waals surface area (Å²) in [6.07, 6.45) is 1.64. The van der Waals surface area contributed by atoms with Crippen LogP contribution in [0.15, 0.2) is 47.7 Å². The lowest BCUT2D eigenvalue weighted by Gasteiger charge is -2.24. The van der Waals surface area contributed by atoms with Crippen molar-refractivity contribution in [1.82, 2.24) is 15.3 Å². The molecule has 2 heterocycles. The number of hydrogen-bond acceptors (Lipinski definition) is 3. The number of aromatic amines is 1. The van der Waals surface area contributed by atoms with E-state index < -0.39 is 0 Å². The fourth-order valence-electron chi connectivity index (χ4n) is 3.14. The van der Waals surface area contributed by atoms with Crippen LogP contribution in [0.3, 0.4) is 0 Å². The molecule has 1 aliphatic heterocycles. The second-order valence-corrected chi connectivity index (χ2v) is 6.33. The van der Waals surface area contributed by atoms with Crippen molar-refractivity contribution >= 4 is 40.2 Å². The first-order valence-electron chi connectivity index (χ1n) is 7.84. The first kappa shape index (κ1) is 15.7. The number of urea groups is 1. The van der Waals surface area contributed by atoms with E-state index in [2.05, 4.69) is 20.3 Å². The third-order valence-electron chi connectivity index (χ3n) is 4.39. The minimum atomic E-state index is -0.329. The molecule has 1 fully saturated rings. The minimum absolute atomic E-state index is 0.215. The Morgan fingerprint density at radius 1 is 1.24 bits per heavy atom. The third kappa shape index (κ3) is 2.55. The molecular formula is C18H16ClN5O. The number of H-pyrrole nitrogens is 1. The number of aliphatic imine (C=N–C) groups is 1. The number of imidazole rings is 1. The number of rotatable bonds is 2. The van der Waals surface area contributed by atoms with Gasteiger partial charge in [-0.2, -0.15) is 0 Å². The second kappa shape index (κ2) is 5.89. The maximum Gasteiger partial charge on any atom is 0.328 e. The third-order valence-corrected chi connectivity index (χ3v) is 4.82. The van der Waals surface area contributed by atoms with Gasteiger partial charge in [-0.1, -0.05) is 23.7 Å². The summed E-state index contributed by atoms with van der Waals surface area (Å²) in [4.78, 5) is 25.9. The number of nitrogens with one attached hydrogen (secondary N) is 2. The van der Waals surface area contributed by atoms with Crippen molar-refractivity contribution in [2.45, 2.75) is 13.0 Å². The maximum absolute atomic E-state index is 12.6. The number of fused-ring (bicyclic) bond motifs is 1. The average molecular weight is 354 g/mol. The number of hydrogen-bond donors (Lipinski definition) is 2. The molecule has 1 atom stereocenters. The lowest BCUT2D eigenvalue weighted by atomic mass is 10.0. The summed E-state index contributed by atoms with van der Waals surface area (Å²) >= 11 is 6.15. The van der Waals surface area contributed by atoms with Crippen molar-refractivity contribution < 1.29 is 4.79 Å². The number of aryl methyl sites for hydroxylation is 1. The Kier molecular flexibility index (Phi) is 3.69. The van der Waals surface area contributed by atoms with Crippen molar-refractivity contribution in [1.29, 1.82) is 0 Å². The van der Waals surface area contributed by atoms with Gasteiger partial charge in [-0.3, -0.25) is 15.2 Å². The predicted molar refractivity (Wildman–Crippen MR) is 99.4 cm³/mol. The van der Waals surface area contributed by atoms with E-state index in [4.69, 9.17) is 11.6 Å². The van der Waals surface area contributed by atoms with E-state index in [1.165, 1.54) is 0 Å². The van der Waals surface area contributed by atoms with Gasteiger partial charge in [-0.05, 0) is 42.3 Å². The summed E-state index contributed by atoms with van der Waals surface area (Å²) in [6.45, 7) is 1.94. The maximum atomic E-state index is 12.6. The summed E-state index contributed by atoms with van der Waals surface area (Å²) in [7, 11) is 1.67. The Hall–Kier alpha value is -2.86. The number of carbonyl (C=O) groups excluding carboxylic acids is 1. The molecule has 1 saturated heterocycles. The smallest absolute Gasteiger partial charge is 0.328 e. The van der Waals surface area contributed by atoms with Crippen LogP contribution >= 0.6 is 11.6 Å². The van der Waals surface area contributed by atoms with Gasteiger partial charge in [0.2, 0.25) is 0 Å². The standard InChI is InChI=1S/C18H16ClN5O/c1-10-7-11(3-5-13(10)19)16-17(20-2)23-18(25)24(16)12-4-6-14-15(8-12)22-9-21-14/h3-9,16H,1-2H3,(H,21,22)(H,20,23,25). The van der Waals surface area contributed by atoms with Crippen LogP contribution in [0, 0.1) is 6.92 Å². The van der Waals surface area contributed by atoms with Gasteiger partial charge in [-0.15, -0.1) is 0 Å². The molecule has 2 N–H and O–H groups in total. The Bertz CT molecular complexity index is 1010. The van der Waals surface area contributed by atoms with Crippen LogP contribution in [-0.4, -0.2) is 28.9 Å². The van der Waals surface area contributed by atoms with E-state index in [1.54, 1.807) is 18.3 Å². The lowest BCUT2D eigenvalue weighted by Crippen LogP contribution is -2.29. The summed E-state index contributed by atoms with van der Waals surface area (Å²) in [5.41, 5.74) is 4.39. The van der Waals surface area contributed by atoms with Gasteiger partial charge in [0, 0.05) is 17.8 Å². The molecule has 126 valence electrons. The van der Waals surface area contributed by atoms with Crippen LogP contribution in [0.1, 0.15) is 17.2 Å². The molecule has 0 bridgehead atoms. The molecule has 3 aromatic rings. The fraction of sp³-hybridized carbons (Fsp3) is 0.167. The van der Waals surface area contributed by atoms with E-state index in [9.17, 15) is 4.79 Å². The minimum Gasteiger partial charge on any atom is -0.345 e. The van der Waals surface area contributed by atoms with Crippen LogP contribution in [0.2, 0.25) is 5.02 Å². The summed E-state index contributed by atoms with van der Waals surface area (Å²) in [6, 6.07) is 10.9. The molecule has 0 saturated carbocycles. The van der Waals surface area contributed by atoms with Crippen LogP contribution < -0.4 is 10.2 Å². The monoisotopic (exact) mass is 353 g/mol. The van der Waals surface area contributed by atoms with Crippen molar-refractivity contribution in [2.75, 3.05) is 11.9 Å². The molecule has 0 radical (unpaired) electrons. The van der Waals surface area contributed by atoms with Gasteiger partial charge in [0.15, 0.2) is 0 Å². The van der Waals surface area contributed by atoms with Crippen molar-refractivity contribution in [3.05, 3.63) is 58.9 Å². The summed E-state index contributed by atoms with van der Waals surface area (Å²) in [5, 5.41) is 3.55.